The highest BCUT2D eigenvalue weighted by Crippen LogP contribution is 2.21. The number of aryl methyl sites for hydroxylation is 1. The van der Waals surface area contributed by atoms with Gasteiger partial charge in [-0.15, -0.1) is 0 Å². The molecule has 6 nitrogen and oxygen atoms in total. The summed E-state index contributed by atoms with van der Waals surface area (Å²) in [6, 6.07) is 9.35. The molecule has 0 saturated heterocycles. The van der Waals surface area contributed by atoms with E-state index in [0.29, 0.717) is 30.9 Å². The second kappa shape index (κ2) is 6.39. The van der Waals surface area contributed by atoms with Gasteiger partial charge in [0.2, 0.25) is 0 Å². The van der Waals surface area contributed by atoms with Crippen LogP contribution in [-0.4, -0.2) is 37.3 Å². The first-order valence-electron chi connectivity index (χ1n) is 8.19. The second-order valence-electron chi connectivity index (χ2n) is 6.05. The topological polar surface area (TPSA) is 71.9 Å². The van der Waals surface area contributed by atoms with E-state index < -0.39 is 0 Å². The quantitative estimate of drug-likeness (QED) is 0.721. The van der Waals surface area contributed by atoms with Gasteiger partial charge < -0.3 is 4.90 Å². The van der Waals surface area contributed by atoms with Crippen LogP contribution < -0.4 is 0 Å². The smallest absolute Gasteiger partial charge is 0.255 e. The van der Waals surface area contributed by atoms with Gasteiger partial charge in [-0.1, -0.05) is 6.07 Å². The van der Waals surface area contributed by atoms with Gasteiger partial charge in [-0.25, -0.2) is 9.97 Å². The van der Waals surface area contributed by atoms with Gasteiger partial charge in [-0.2, -0.15) is 0 Å². The molecule has 6 heteroatoms. The molecule has 0 fully saturated rings. The Morgan fingerprint density at radius 1 is 1.08 bits per heavy atom. The zero-order chi connectivity index (χ0) is 17.2. The predicted molar refractivity (Wildman–Crippen MR) is 92.7 cm³/mol. The molecule has 1 aliphatic heterocycles. The Morgan fingerprint density at radius 3 is 2.76 bits per heavy atom. The molecule has 0 bridgehead atoms. The fourth-order valence-corrected chi connectivity index (χ4v) is 2.88. The highest BCUT2D eigenvalue weighted by atomic mass is 16.2. The largest absolute Gasteiger partial charge is 0.334 e. The van der Waals surface area contributed by atoms with Gasteiger partial charge in [-0.3, -0.25) is 14.8 Å². The number of carbonyl (C=O) groups is 1. The van der Waals surface area contributed by atoms with Crippen LogP contribution >= 0.6 is 0 Å². The SMILES string of the molecule is Cc1ccc(C(=O)N2CCc3nc(-c4ccccn4)ncc3C2)cn1. The Bertz CT molecular complexity index is 909. The summed E-state index contributed by atoms with van der Waals surface area (Å²) in [5.41, 5.74) is 4.24. The van der Waals surface area contributed by atoms with Crippen molar-refractivity contribution < 1.29 is 4.79 Å². The molecule has 4 heterocycles. The lowest BCUT2D eigenvalue weighted by Crippen LogP contribution is -2.36. The number of carbonyl (C=O) groups excluding carboxylic acids is 1. The number of aromatic nitrogens is 4. The maximum atomic E-state index is 12.6. The van der Waals surface area contributed by atoms with Crippen LogP contribution in [0.1, 0.15) is 27.3 Å². The lowest BCUT2D eigenvalue weighted by atomic mass is 10.1. The minimum atomic E-state index is -0.00745. The molecule has 0 spiro atoms. The first-order chi connectivity index (χ1) is 12.2. The number of fused-ring (bicyclic) bond motifs is 1. The van der Waals surface area contributed by atoms with Crippen LogP contribution in [0.15, 0.2) is 48.9 Å². The van der Waals surface area contributed by atoms with E-state index in [-0.39, 0.29) is 5.91 Å². The first kappa shape index (κ1) is 15.4. The van der Waals surface area contributed by atoms with E-state index in [4.69, 9.17) is 0 Å². The number of rotatable bonds is 2. The molecule has 25 heavy (non-hydrogen) atoms. The summed E-state index contributed by atoms with van der Waals surface area (Å²) < 4.78 is 0. The van der Waals surface area contributed by atoms with Crippen LogP contribution in [-0.2, 0) is 13.0 Å². The van der Waals surface area contributed by atoms with Crippen molar-refractivity contribution in [3.8, 4) is 11.5 Å². The molecule has 0 aromatic carbocycles. The molecular formula is C19H17N5O. The van der Waals surface area contributed by atoms with Crippen molar-refractivity contribution >= 4 is 5.91 Å². The van der Waals surface area contributed by atoms with Crippen molar-refractivity contribution in [3.05, 3.63) is 71.4 Å². The van der Waals surface area contributed by atoms with E-state index in [1.807, 2.05) is 42.2 Å². The van der Waals surface area contributed by atoms with E-state index in [0.717, 1.165) is 22.6 Å². The highest BCUT2D eigenvalue weighted by Gasteiger charge is 2.23. The fourth-order valence-electron chi connectivity index (χ4n) is 2.88. The van der Waals surface area contributed by atoms with Gasteiger partial charge >= 0.3 is 0 Å². The van der Waals surface area contributed by atoms with Gasteiger partial charge in [0.1, 0.15) is 5.69 Å². The van der Waals surface area contributed by atoms with Gasteiger partial charge in [0.25, 0.3) is 5.91 Å². The summed E-state index contributed by atoms with van der Waals surface area (Å²) in [4.78, 5) is 32.0. The fraction of sp³-hybridized carbons (Fsp3) is 0.211. The van der Waals surface area contributed by atoms with Crippen LogP contribution in [0.25, 0.3) is 11.5 Å². The maximum absolute atomic E-state index is 12.6. The highest BCUT2D eigenvalue weighted by molar-refractivity contribution is 5.94. The summed E-state index contributed by atoms with van der Waals surface area (Å²) in [5.74, 6) is 0.619. The number of pyridine rings is 2. The molecular weight excluding hydrogens is 314 g/mol. The lowest BCUT2D eigenvalue weighted by molar-refractivity contribution is 0.0733. The third-order valence-electron chi connectivity index (χ3n) is 4.27. The molecule has 3 aromatic heterocycles. The number of amides is 1. The Morgan fingerprint density at radius 2 is 2.00 bits per heavy atom. The molecule has 1 aliphatic rings. The Labute approximate surface area is 145 Å². The van der Waals surface area contributed by atoms with E-state index in [9.17, 15) is 4.79 Å². The monoisotopic (exact) mass is 331 g/mol. The number of hydrogen-bond donors (Lipinski definition) is 0. The summed E-state index contributed by atoms with van der Waals surface area (Å²) in [6.07, 6.45) is 5.88. The van der Waals surface area contributed by atoms with Crippen LogP contribution in [0.2, 0.25) is 0 Å². The van der Waals surface area contributed by atoms with Crippen molar-refractivity contribution in [1.29, 1.82) is 0 Å². The Hall–Kier alpha value is -3.15. The summed E-state index contributed by atoms with van der Waals surface area (Å²) in [5, 5.41) is 0. The Balaban J connectivity index is 1.55. The van der Waals surface area contributed by atoms with E-state index in [1.54, 1.807) is 18.6 Å². The molecule has 0 saturated carbocycles. The van der Waals surface area contributed by atoms with E-state index in [1.165, 1.54) is 0 Å². The second-order valence-corrected chi connectivity index (χ2v) is 6.05. The van der Waals surface area contributed by atoms with Crippen LogP contribution in [0.4, 0.5) is 0 Å². The molecule has 0 aliphatic carbocycles. The third kappa shape index (κ3) is 3.10. The normalized spacial score (nSPS) is 13.4. The molecule has 4 rings (SSSR count). The minimum absolute atomic E-state index is 0.00745. The molecule has 3 aromatic rings. The Kier molecular flexibility index (Phi) is 3.93. The van der Waals surface area contributed by atoms with Crippen LogP contribution in [0, 0.1) is 6.92 Å². The number of nitrogens with zero attached hydrogens (tertiary/aromatic N) is 5. The van der Waals surface area contributed by atoms with Crippen molar-refractivity contribution in [2.45, 2.75) is 19.9 Å². The molecule has 0 radical (unpaired) electrons. The predicted octanol–water partition coefficient (Wildman–Crippen LogP) is 2.44. The van der Waals surface area contributed by atoms with Crippen molar-refractivity contribution in [3.63, 3.8) is 0 Å². The van der Waals surface area contributed by atoms with Crippen LogP contribution in [0.5, 0.6) is 0 Å². The van der Waals surface area contributed by atoms with Crippen LogP contribution in [0.3, 0.4) is 0 Å². The third-order valence-corrected chi connectivity index (χ3v) is 4.27. The number of hydrogen-bond acceptors (Lipinski definition) is 5. The molecule has 0 unspecified atom stereocenters. The molecule has 1 amide bonds. The lowest BCUT2D eigenvalue weighted by Gasteiger charge is -2.28. The zero-order valence-electron chi connectivity index (χ0n) is 13.9. The summed E-state index contributed by atoms with van der Waals surface area (Å²) >= 11 is 0. The van der Waals surface area contributed by atoms with Crippen molar-refractivity contribution in [1.82, 2.24) is 24.8 Å². The molecule has 0 N–H and O–H groups in total. The maximum Gasteiger partial charge on any atom is 0.255 e. The standard InChI is InChI=1S/C19H17N5O/c1-13-5-6-14(10-21-13)19(25)24-9-7-16-15(12-24)11-22-18(23-16)17-4-2-3-8-20-17/h2-6,8,10-11H,7,9,12H2,1H3. The average molecular weight is 331 g/mol. The van der Waals surface area contributed by atoms with Crippen molar-refractivity contribution in [2.75, 3.05) is 6.54 Å². The zero-order valence-corrected chi connectivity index (χ0v) is 13.9. The van der Waals surface area contributed by atoms with E-state index >= 15 is 0 Å². The first-order valence-corrected chi connectivity index (χ1v) is 8.19. The summed E-state index contributed by atoms with van der Waals surface area (Å²) in [7, 11) is 0. The van der Waals surface area contributed by atoms with Crippen molar-refractivity contribution in [2.24, 2.45) is 0 Å². The minimum Gasteiger partial charge on any atom is -0.334 e. The average Bonchev–Trinajstić information content (AvgIpc) is 2.68. The van der Waals surface area contributed by atoms with Gasteiger partial charge in [0, 0.05) is 49.4 Å². The summed E-state index contributed by atoms with van der Waals surface area (Å²) in [6.45, 7) is 3.06. The molecule has 124 valence electrons. The van der Waals surface area contributed by atoms with Gasteiger partial charge in [0.15, 0.2) is 5.82 Å². The molecule has 0 atom stereocenters. The van der Waals surface area contributed by atoms with Gasteiger partial charge in [0.05, 0.1) is 11.3 Å². The van der Waals surface area contributed by atoms with E-state index in [2.05, 4.69) is 19.9 Å². The van der Waals surface area contributed by atoms with Gasteiger partial charge in [-0.05, 0) is 31.2 Å².